The van der Waals surface area contributed by atoms with Gasteiger partial charge in [-0.1, -0.05) is 25.9 Å². The van der Waals surface area contributed by atoms with Crippen molar-refractivity contribution < 1.29 is 4.52 Å². The van der Waals surface area contributed by atoms with Gasteiger partial charge in [0, 0.05) is 43.9 Å². The second-order valence-corrected chi connectivity index (χ2v) is 7.31. The van der Waals surface area contributed by atoms with E-state index in [0.29, 0.717) is 0 Å². The van der Waals surface area contributed by atoms with Crippen molar-refractivity contribution in [3.05, 3.63) is 23.7 Å². The van der Waals surface area contributed by atoms with Crippen LogP contribution >= 0.6 is 0 Å². The van der Waals surface area contributed by atoms with Crippen molar-refractivity contribution in [1.82, 2.24) is 20.0 Å². The van der Waals surface area contributed by atoms with Gasteiger partial charge in [0.1, 0.15) is 0 Å². The molecule has 0 amide bonds. The number of hydrogen-bond donors (Lipinski definition) is 0. The van der Waals surface area contributed by atoms with Crippen molar-refractivity contribution in [3.8, 4) is 11.3 Å². The van der Waals surface area contributed by atoms with Crippen LogP contribution in [0.4, 0.5) is 5.95 Å². The topological polar surface area (TPSA) is 58.3 Å². The number of nitrogens with zero attached hydrogens (tertiary/aromatic N) is 5. The molecule has 6 nitrogen and oxygen atoms in total. The number of aromatic nitrogens is 3. The highest BCUT2D eigenvalue weighted by Gasteiger charge is 2.26. The third-order valence-corrected chi connectivity index (χ3v) is 4.17. The summed E-state index contributed by atoms with van der Waals surface area (Å²) in [5.41, 5.74) is 2.69. The Morgan fingerprint density at radius 1 is 1.13 bits per heavy atom. The summed E-state index contributed by atoms with van der Waals surface area (Å²) < 4.78 is 5.44. The second-order valence-electron chi connectivity index (χ2n) is 7.31. The Hall–Kier alpha value is -1.95. The molecular formula is C17H25N5O. The van der Waals surface area contributed by atoms with Crippen LogP contribution in [0.2, 0.25) is 0 Å². The molecule has 6 heteroatoms. The molecule has 0 aromatic carbocycles. The highest BCUT2D eigenvalue weighted by Crippen LogP contribution is 2.32. The first-order chi connectivity index (χ1) is 10.8. The molecule has 0 bridgehead atoms. The minimum Gasteiger partial charge on any atom is -0.356 e. The van der Waals surface area contributed by atoms with Gasteiger partial charge in [0.2, 0.25) is 5.95 Å². The number of hydrogen-bond acceptors (Lipinski definition) is 6. The van der Waals surface area contributed by atoms with E-state index in [1.807, 2.05) is 19.2 Å². The lowest BCUT2D eigenvalue weighted by atomic mass is 9.88. The third kappa shape index (κ3) is 3.37. The number of aryl methyl sites for hydroxylation is 1. The average Bonchev–Trinajstić information content (AvgIpc) is 2.93. The molecule has 124 valence electrons. The van der Waals surface area contributed by atoms with E-state index in [1.165, 1.54) is 0 Å². The molecular weight excluding hydrogens is 290 g/mol. The molecule has 0 spiro atoms. The Kier molecular flexibility index (Phi) is 4.10. The number of piperazine rings is 1. The Morgan fingerprint density at radius 3 is 2.39 bits per heavy atom. The van der Waals surface area contributed by atoms with Gasteiger partial charge in [-0.2, -0.15) is 0 Å². The highest BCUT2D eigenvalue weighted by atomic mass is 16.5. The number of likely N-dealkylation sites (N-methyl/N-ethyl adjacent to an activating group) is 1. The lowest BCUT2D eigenvalue weighted by Gasteiger charge is -2.33. The van der Waals surface area contributed by atoms with E-state index in [4.69, 9.17) is 9.51 Å². The fourth-order valence-electron chi connectivity index (χ4n) is 2.77. The van der Waals surface area contributed by atoms with Crippen molar-refractivity contribution in [2.75, 3.05) is 38.1 Å². The summed E-state index contributed by atoms with van der Waals surface area (Å²) in [5.74, 6) is 1.54. The molecule has 0 radical (unpaired) electrons. The molecule has 2 aromatic rings. The van der Waals surface area contributed by atoms with Crippen LogP contribution in [-0.4, -0.2) is 53.3 Å². The van der Waals surface area contributed by atoms with Gasteiger partial charge in [0.15, 0.2) is 5.76 Å². The lowest BCUT2D eigenvalue weighted by Crippen LogP contribution is -2.45. The van der Waals surface area contributed by atoms with E-state index in [9.17, 15) is 0 Å². The van der Waals surface area contributed by atoms with Gasteiger partial charge in [0.05, 0.1) is 17.0 Å². The van der Waals surface area contributed by atoms with Crippen molar-refractivity contribution in [1.29, 1.82) is 0 Å². The van der Waals surface area contributed by atoms with Gasteiger partial charge >= 0.3 is 0 Å². The summed E-state index contributed by atoms with van der Waals surface area (Å²) in [6, 6.07) is 1.93. The van der Waals surface area contributed by atoms with E-state index in [-0.39, 0.29) is 5.41 Å². The molecule has 0 N–H and O–H groups in total. The van der Waals surface area contributed by atoms with Gasteiger partial charge in [-0.05, 0) is 14.0 Å². The average molecular weight is 315 g/mol. The van der Waals surface area contributed by atoms with Crippen LogP contribution in [0.5, 0.6) is 0 Å². The van der Waals surface area contributed by atoms with Gasteiger partial charge < -0.3 is 14.3 Å². The summed E-state index contributed by atoms with van der Waals surface area (Å²) >= 11 is 0. The van der Waals surface area contributed by atoms with Crippen LogP contribution in [0.25, 0.3) is 11.3 Å². The summed E-state index contributed by atoms with van der Waals surface area (Å²) in [6.07, 6.45) is 1.88. The zero-order chi connectivity index (χ0) is 16.6. The molecule has 0 saturated carbocycles. The van der Waals surface area contributed by atoms with Crippen LogP contribution < -0.4 is 4.90 Å². The van der Waals surface area contributed by atoms with Crippen molar-refractivity contribution in [2.24, 2.45) is 0 Å². The summed E-state index contributed by atoms with van der Waals surface area (Å²) in [4.78, 5) is 14.1. The minimum absolute atomic E-state index is 0.0969. The Labute approximate surface area is 137 Å². The molecule has 0 aliphatic carbocycles. The zero-order valence-electron chi connectivity index (χ0n) is 14.6. The Balaban J connectivity index is 1.99. The minimum atomic E-state index is -0.0969. The maximum absolute atomic E-state index is 5.44. The summed E-state index contributed by atoms with van der Waals surface area (Å²) in [6.45, 7) is 12.4. The molecule has 0 unspecified atom stereocenters. The van der Waals surface area contributed by atoms with Crippen LogP contribution in [0, 0.1) is 6.92 Å². The maximum atomic E-state index is 5.44. The predicted octanol–water partition coefficient (Wildman–Crippen LogP) is 2.49. The molecule has 1 aliphatic heterocycles. The van der Waals surface area contributed by atoms with Gasteiger partial charge in [-0.3, -0.25) is 0 Å². The molecule has 2 aromatic heterocycles. The van der Waals surface area contributed by atoms with E-state index in [0.717, 1.165) is 54.8 Å². The van der Waals surface area contributed by atoms with Crippen LogP contribution in [0.15, 0.2) is 16.8 Å². The first-order valence-electron chi connectivity index (χ1n) is 8.09. The SMILES string of the molecule is Cc1cc(-c2cnc(N3CCN(C)CC3)nc2C(C)(C)C)on1. The van der Waals surface area contributed by atoms with E-state index >= 15 is 0 Å². The molecule has 23 heavy (non-hydrogen) atoms. The largest absolute Gasteiger partial charge is 0.356 e. The molecule has 3 rings (SSSR count). The first kappa shape index (κ1) is 15.9. The lowest BCUT2D eigenvalue weighted by molar-refractivity contribution is 0.311. The van der Waals surface area contributed by atoms with E-state index < -0.39 is 0 Å². The summed E-state index contributed by atoms with van der Waals surface area (Å²) in [7, 11) is 2.15. The molecule has 1 fully saturated rings. The van der Waals surface area contributed by atoms with Crippen LogP contribution in [0.1, 0.15) is 32.2 Å². The zero-order valence-corrected chi connectivity index (χ0v) is 14.6. The normalized spacial score (nSPS) is 16.8. The van der Waals surface area contributed by atoms with Gasteiger partial charge in [-0.25, -0.2) is 9.97 Å². The molecule has 1 aliphatic rings. The van der Waals surface area contributed by atoms with E-state index in [1.54, 1.807) is 0 Å². The quantitative estimate of drug-likeness (QED) is 0.848. The second kappa shape index (κ2) is 5.92. The Morgan fingerprint density at radius 2 is 1.83 bits per heavy atom. The predicted molar refractivity (Wildman–Crippen MR) is 90.7 cm³/mol. The fourth-order valence-corrected chi connectivity index (χ4v) is 2.77. The number of anilines is 1. The fraction of sp³-hybridized carbons (Fsp3) is 0.588. The smallest absolute Gasteiger partial charge is 0.225 e. The molecule has 1 saturated heterocycles. The Bertz CT molecular complexity index is 681. The maximum Gasteiger partial charge on any atom is 0.225 e. The third-order valence-electron chi connectivity index (χ3n) is 4.17. The van der Waals surface area contributed by atoms with Crippen molar-refractivity contribution in [2.45, 2.75) is 33.1 Å². The first-order valence-corrected chi connectivity index (χ1v) is 8.09. The van der Waals surface area contributed by atoms with Gasteiger partial charge in [0.25, 0.3) is 0 Å². The van der Waals surface area contributed by atoms with Crippen LogP contribution in [0.3, 0.4) is 0 Å². The monoisotopic (exact) mass is 315 g/mol. The number of rotatable bonds is 2. The molecule has 3 heterocycles. The standard InChI is InChI=1S/C17H25N5O/c1-12-10-14(23-20-12)13-11-18-16(19-15(13)17(2,3)4)22-8-6-21(5)7-9-22/h10-11H,6-9H2,1-5H3. The van der Waals surface area contributed by atoms with Gasteiger partial charge in [-0.15, -0.1) is 0 Å². The van der Waals surface area contributed by atoms with Crippen molar-refractivity contribution >= 4 is 5.95 Å². The summed E-state index contributed by atoms with van der Waals surface area (Å²) in [5, 5.41) is 3.99. The highest BCUT2D eigenvalue weighted by molar-refractivity contribution is 5.62. The van der Waals surface area contributed by atoms with Crippen LogP contribution in [-0.2, 0) is 5.41 Å². The van der Waals surface area contributed by atoms with Crippen molar-refractivity contribution in [3.63, 3.8) is 0 Å². The molecule has 0 atom stereocenters. The van der Waals surface area contributed by atoms with E-state index in [2.05, 4.69) is 47.8 Å².